The zero-order valence-corrected chi connectivity index (χ0v) is 18.9. The molecule has 5 rings (SSSR count). The highest BCUT2D eigenvalue weighted by Crippen LogP contribution is 2.50. The van der Waals surface area contributed by atoms with E-state index in [9.17, 15) is 48.3 Å². The van der Waals surface area contributed by atoms with E-state index in [1.165, 1.54) is 0 Å². The Morgan fingerprint density at radius 1 is 0.268 bits per heavy atom. The minimum Gasteiger partial charge on any atom is -0.204 e. The second-order valence-electron chi connectivity index (χ2n) is 8.34. The second kappa shape index (κ2) is 9.31. The Balaban J connectivity index is 2.29. The van der Waals surface area contributed by atoms with E-state index in [4.69, 9.17) is 0 Å². The molecule has 15 heteroatoms. The van der Waals surface area contributed by atoms with Crippen LogP contribution in [0.25, 0.3) is 43.8 Å². The van der Waals surface area contributed by atoms with Gasteiger partial charge in [-0.2, -0.15) is 0 Å². The number of benzene rings is 5. The van der Waals surface area contributed by atoms with Gasteiger partial charge in [0.05, 0.1) is 5.56 Å². The lowest BCUT2D eigenvalue weighted by molar-refractivity contribution is 0.381. The van der Waals surface area contributed by atoms with Crippen LogP contribution in [0.15, 0.2) is 18.2 Å². The normalized spacial score (nSPS) is 11.8. The summed E-state index contributed by atoms with van der Waals surface area (Å²) in [6.07, 6.45) is 0. The van der Waals surface area contributed by atoms with E-state index in [-0.39, 0.29) is 12.1 Å². The molecule has 5 aromatic carbocycles. The summed E-state index contributed by atoms with van der Waals surface area (Å²) >= 11 is 0. The monoisotopic (exact) mass is 600 g/mol. The number of halogens is 15. The van der Waals surface area contributed by atoms with Gasteiger partial charge in [-0.25, -0.2) is 65.9 Å². The lowest BCUT2D eigenvalue weighted by Gasteiger charge is -2.21. The smallest absolute Gasteiger partial charge is 0.200 e. The Bertz CT molecular complexity index is 1890. The van der Waals surface area contributed by atoms with Crippen LogP contribution in [0.1, 0.15) is 0 Å². The number of fused-ring (bicyclic) bond motifs is 2. The fourth-order valence-electron chi connectivity index (χ4n) is 4.47. The van der Waals surface area contributed by atoms with Gasteiger partial charge in [0.25, 0.3) is 0 Å². The average Bonchev–Trinajstić information content (AvgIpc) is 2.95. The summed E-state index contributed by atoms with van der Waals surface area (Å²) in [6.45, 7) is 0. The Morgan fingerprint density at radius 2 is 0.585 bits per heavy atom. The molecule has 0 unspecified atom stereocenters. The summed E-state index contributed by atoms with van der Waals surface area (Å²) in [5, 5.41) is -7.91. The fourth-order valence-corrected chi connectivity index (χ4v) is 4.47. The quantitative estimate of drug-likeness (QED) is 0.0820. The molecule has 0 aromatic heterocycles. The van der Waals surface area contributed by atoms with E-state index in [0.717, 1.165) is 0 Å². The highest BCUT2D eigenvalue weighted by Gasteiger charge is 2.37. The molecular weight excluding hydrogens is 597 g/mol. The molecule has 5 aromatic rings. The van der Waals surface area contributed by atoms with Crippen molar-refractivity contribution in [1.82, 2.24) is 0 Å². The van der Waals surface area contributed by atoms with Crippen LogP contribution in [0.4, 0.5) is 65.9 Å². The van der Waals surface area contributed by atoms with Crippen LogP contribution in [-0.4, -0.2) is 0 Å². The third-order valence-electron chi connectivity index (χ3n) is 6.20. The molecule has 0 saturated carbocycles. The Morgan fingerprint density at radius 3 is 0.951 bits per heavy atom. The van der Waals surface area contributed by atoms with Crippen LogP contribution in [-0.2, 0) is 0 Å². The summed E-state index contributed by atoms with van der Waals surface area (Å²) in [5.41, 5.74) is -7.20. The highest BCUT2D eigenvalue weighted by atomic mass is 19.2. The predicted octanol–water partition coefficient (Wildman–Crippen LogP) is 9.41. The molecule has 0 aliphatic rings. The van der Waals surface area contributed by atoms with Crippen LogP contribution >= 0.6 is 0 Å². The number of rotatable bonds is 2. The molecule has 0 atom stereocenters. The lowest BCUT2D eigenvalue weighted by Crippen LogP contribution is -2.10. The van der Waals surface area contributed by atoms with Crippen molar-refractivity contribution in [3.8, 4) is 22.3 Å². The SMILES string of the molecule is Fc1ccc(-c2c3c(F)c(F)c(F)c(F)c3c(-c3c(F)c(F)c(F)c(F)c3F)c3c(F)c(F)c(F)c(F)c23)cc1F. The highest BCUT2D eigenvalue weighted by molar-refractivity contribution is 6.22. The van der Waals surface area contributed by atoms with Crippen LogP contribution < -0.4 is 0 Å². The molecule has 0 saturated heterocycles. The predicted molar refractivity (Wildman–Crippen MR) is 112 cm³/mol. The first kappa shape index (κ1) is 28.1. The molecule has 0 N–H and O–H groups in total. The fraction of sp³-hybridized carbons (Fsp3) is 0. The van der Waals surface area contributed by atoms with Gasteiger partial charge in [-0.05, 0) is 17.7 Å². The van der Waals surface area contributed by atoms with Crippen LogP contribution in [0.2, 0.25) is 0 Å². The maximum atomic E-state index is 15.3. The van der Waals surface area contributed by atoms with E-state index in [1.807, 2.05) is 0 Å². The van der Waals surface area contributed by atoms with Crippen LogP contribution in [0.5, 0.6) is 0 Å². The molecule has 41 heavy (non-hydrogen) atoms. The molecule has 212 valence electrons. The van der Waals surface area contributed by atoms with Crippen molar-refractivity contribution < 1.29 is 65.9 Å². The van der Waals surface area contributed by atoms with Crippen LogP contribution in [0.3, 0.4) is 0 Å². The zero-order valence-electron chi connectivity index (χ0n) is 18.9. The van der Waals surface area contributed by atoms with Crippen LogP contribution in [0, 0.1) is 87.3 Å². The molecule has 0 heterocycles. The Labute approximate surface area is 215 Å². The summed E-state index contributed by atoms with van der Waals surface area (Å²) < 4.78 is 218. The standard InChI is InChI=1S/C26H3F15/c27-5-2-1-4(3-6(5)28)7-9-11(16(31)22(37)20(35)14(9)29)8(12-10(7)15(30)21(36)23(38)17(12)32)13-18(33)24(39)26(41)25(40)19(13)34/h1-3H. The molecular formula is C26H3F15. The topological polar surface area (TPSA) is 0 Å². The molecule has 0 amide bonds. The first-order valence-electron chi connectivity index (χ1n) is 10.6. The van der Waals surface area contributed by atoms with Gasteiger partial charge < -0.3 is 0 Å². The third kappa shape index (κ3) is 3.67. The van der Waals surface area contributed by atoms with Crippen molar-refractivity contribution in [2.75, 3.05) is 0 Å². The minimum absolute atomic E-state index is 0.0544. The van der Waals surface area contributed by atoms with Gasteiger partial charge >= 0.3 is 0 Å². The molecule has 0 bridgehead atoms. The number of hydrogen-bond donors (Lipinski definition) is 0. The zero-order chi connectivity index (χ0) is 30.4. The molecule has 0 aliphatic carbocycles. The second-order valence-corrected chi connectivity index (χ2v) is 8.34. The van der Waals surface area contributed by atoms with Crippen molar-refractivity contribution in [1.29, 1.82) is 0 Å². The maximum absolute atomic E-state index is 15.3. The van der Waals surface area contributed by atoms with Crippen molar-refractivity contribution in [2.24, 2.45) is 0 Å². The van der Waals surface area contributed by atoms with Crippen molar-refractivity contribution in [2.45, 2.75) is 0 Å². The first-order chi connectivity index (χ1) is 19.1. The van der Waals surface area contributed by atoms with Gasteiger partial charge in [-0.1, -0.05) is 6.07 Å². The third-order valence-corrected chi connectivity index (χ3v) is 6.20. The van der Waals surface area contributed by atoms with E-state index in [1.54, 1.807) is 0 Å². The van der Waals surface area contributed by atoms with Crippen molar-refractivity contribution in [3.63, 3.8) is 0 Å². The Kier molecular flexibility index (Phi) is 6.38. The average molecular weight is 600 g/mol. The van der Waals surface area contributed by atoms with Gasteiger partial charge in [-0.3, -0.25) is 0 Å². The Hall–Kier alpha value is -4.43. The summed E-state index contributed by atoms with van der Waals surface area (Å²) in [4.78, 5) is 0. The van der Waals surface area contributed by atoms with Gasteiger partial charge in [0.1, 0.15) is 0 Å². The van der Waals surface area contributed by atoms with Gasteiger partial charge in [0.15, 0.2) is 81.4 Å². The van der Waals surface area contributed by atoms with E-state index in [2.05, 4.69) is 0 Å². The van der Waals surface area contributed by atoms with Gasteiger partial charge in [-0.15, -0.1) is 0 Å². The summed E-state index contributed by atoms with van der Waals surface area (Å²) in [5.74, 6) is -39.6. The summed E-state index contributed by atoms with van der Waals surface area (Å²) in [6, 6.07) is 0.712. The van der Waals surface area contributed by atoms with E-state index >= 15 is 17.6 Å². The van der Waals surface area contributed by atoms with E-state index < -0.39 is 131 Å². The molecule has 0 aliphatic heterocycles. The largest absolute Gasteiger partial charge is 0.204 e. The first-order valence-corrected chi connectivity index (χ1v) is 10.6. The minimum atomic E-state index is -2.89. The number of hydrogen-bond acceptors (Lipinski definition) is 0. The van der Waals surface area contributed by atoms with Gasteiger partial charge in [0.2, 0.25) is 5.82 Å². The molecule has 0 spiro atoms. The van der Waals surface area contributed by atoms with Crippen molar-refractivity contribution >= 4 is 21.5 Å². The molecule has 0 nitrogen and oxygen atoms in total. The molecule has 0 radical (unpaired) electrons. The van der Waals surface area contributed by atoms with E-state index in [0.29, 0.717) is 6.07 Å². The maximum Gasteiger partial charge on any atom is 0.200 e. The molecule has 0 fully saturated rings. The summed E-state index contributed by atoms with van der Waals surface area (Å²) in [7, 11) is 0. The lowest BCUT2D eigenvalue weighted by atomic mass is 9.84. The van der Waals surface area contributed by atoms with Crippen molar-refractivity contribution in [3.05, 3.63) is 105 Å². The van der Waals surface area contributed by atoms with Gasteiger partial charge in [0, 0.05) is 32.7 Å².